The molecule has 6 rings (SSSR count). The summed E-state index contributed by atoms with van der Waals surface area (Å²) >= 11 is 0. The minimum Gasteiger partial charge on any atom is -0.306 e. The number of carbonyl (C=O) groups is 3. The molecule has 3 aromatic rings. The number of anilines is 2. The van der Waals surface area contributed by atoms with Gasteiger partial charge in [0.2, 0.25) is 11.8 Å². The Morgan fingerprint density at radius 1 is 0.941 bits per heavy atom. The van der Waals surface area contributed by atoms with Gasteiger partial charge in [0.15, 0.2) is 0 Å². The number of hydrogen-bond acceptors (Lipinski definition) is 4. The maximum atomic E-state index is 14.1. The number of para-hydroxylation sites is 1. The van der Waals surface area contributed by atoms with Crippen molar-refractivity contribution in [2.24, 2.45) is 11.8 Å². The molecule has 4 unspecified atom stereocenters. The van der Waals surface area contributed by atoms with E-state index in [9.17, 15) is 14.4 Å². The number of carbonyl (C=O) groups excluding carboxylic acids is 3. The monoisotopic (exact) mass is 451 g/mol. The first kappa shape index (κ1) is 20.8. The third-order valence-electron chi connectivity index (χ3n) is 7.45. The molecule has 3 aliphatic rings. The molecule has 2 saturated heterocycles. The van der Waals surface area contributed by atoms with Crippen molar-refractivity contribution in [1.82, 2.24) is 5.32 Å². The van der Waals surface area contributed by atoms with Crippen LogP contribution in [-0.4, -0.2) is 30.3 Å². The van der Waals surface area contributed by atoms with Gasteiger partial charge in [-0.05, 0) is 31.4 Å². The molecule has 6 nitrogen and oxygen atoms in total. The van der Waals surface area contributed by atoms with Crippen LogP contribution < -0.4 is 15.1 Å². The second-order valence-corrected chi connectivity index (χ2v) is 9.62. The van der Waals surface area contributed by atoms with Crippen LogP contribution in [0.4, 0.5) is 11.4 Å². The lowest BCUT2D eigenvalue weighted by atomic mass is 9.76. The van der Waals surface area contributed by atoms with Crippen LogP contribution in [0.2, 0.25) is 0 Å². The van der Waals surface area contributed by atoms with Crippen molar-refractivity contribution < 1.29 is 14.4 Å². The van der Waals surface area contributed by atoms with Gasteiger partial charge in [-0.1, -0.05) is 66.7 Å². The van der Waals surface area contributed by atoms with Gasteiger partial charge in [0.1, 0.15) is 5.54 Å². The number of benzene rings is 3. The number of nitrogens with zero attached hydrogens (tertiary/aromatic N) is 2. The molecule has 0 aliphatic carbocycles. The first-order chi connectivity index (χ1) is 16.4. The average molecular weight is 452 g/mol. The van der Waals surface area contributed by atoms with Crippen LogP contribution in [0.5, 0.6) is 0 Å². The van der Waals surface area contributed by atoms with E-state index in [0.29, 0.717) is 12.2 Å². The highest BCUT2D eigenvalue weighted by Gasteiger charge is 2.71. The van der Waals surface area contributed by atoms with E-state index in [-0.39, 0.29) is 23.8 Å². The lowest BCUT2D eigenvalue weighted by Crippen LogP contribution is -2.55. The highest BCUT2D eigenvalue weighted by Crippen LogP contribution is 2.55. The first-order valence-electron chi connectivity index (χ1n) is 11.6. The third-order valence-corrected chi connectivity index (χ3v) is 7.45. The fourth-order valence-electron chi connectivity index (χ4n) is 6.18. The van der Waals surface area contributed by atoms with Crippen molar-refractivity contribution in [3.05, 3.63) is 84.4 Å². The number of nitrogens with one attached hydrogen (secondary N) is 1. The highest BCUT2D eigenvalue weighted by molar-refractivity contribution is 6.28. The molecule has 1 spiro atoms. The van der Waals surface area contributed by atoms with Gasteiger partial charge < -0.3 is 4.90 Å². The molecule has 0 radical (unpaired) electrons. The summed E-state index contributed by atoms with van der Waals surface area (Å²) in [5, 5.41) is 5.21. The molecule has 4 atom stereocenters. The maximum Gasteiger partial charge on any atom is 0.253 e. The summed E-state index contributed by atoms with van der Waals surface area (Å²) in [6, 6.07) is 20.5. The van der Waals surface area contributed by atoms with Crippen LogP contribution in [0.15, 0.2) is 78.9 Å². The molecule has 2 fully saturated rings. The number of rotatable bonds is 3. The Kier molecular flexibility index (Phi) is 4.35. The van der Waals surface area contributed by atoms with Crippen molar-refractivity contribution in [1.29, 1.82) is 0 Å². The van der Waals surface area contributed by atoms with Crippen molar-refractivity contribution in [2.75, 3.05) is 16.3 Å². The normalized spacial score (nSPS) is 27.7. The number of hydrogen-bond donors (Lipinski definition) is 1. The predicted octanol–water partition coefficient (Wildman–Crippen LogP) is 3.76. The Bertz CT molecular complexity index is 1410. The summed E-state index contributed by atoms with van der Waals surface area (Å²) in [5.74, 6) is -2.24. The summed E-state index contributed by atoms with van der Waals surface area (Å²) < 4.78 is 0. The Morgan fingerprint density at radius 3 is 2.41 bits per heavy atom. The van der Waals surface area contributed by atoms with Crippen LogP contribution >= 0.6 is 0 Å². The van der Waals surface area contributed by atoms with Gasteiger partial charge >= 0.3 is 0 Å². The zero-order chi connectivity index (χ0) is 23.8. The molecule has 170 valence electrons. The summed E-state index contributed by atoms with van der Waals surface area (Å²) in [7, 11) is 0. The fourth-order valence-corrected chi connectivity index (χ4v) is 6.18. The van der Waals surface area contributed by atoms with Crippen molar-refractivity contribution >= 4 is 39.9 Å². The standard InChI is InChI=1S/C28H25N3O3/c1-16(2)15-30-22-13-7-6-12-20(22)28(27(30)34)24-23(17(3)29-28)25(32)31(26(24)33)21-14-8-10-18-9-4-5-11-19(18)21/h4-14,17,23-24,29H,1,15H2,2-3H3. The van der Waals surface area contributed by atoms with Gasteiger partial charge in [0.25, 0.3) is 5.91 Å². The van der Waals surface area contributed by atoms with Crippen LogP contribution in [-0.2, 0) is 19.9 Å². The van der Waals surface area contributed by atoms with Crippen LogP contribution in [0, 0.1) is 11.8 Å². The van der Waals surface area contributed by atoms with Crippen LogP contribution in [0.25, 0.3) is 10.8 Å². The molecule has 3 amide bonds. The summed E-state index contributed by atoms with van der Waals surface area (Å²) in [6.07, 6.45) is 0. The first-order valence-corrected chi connectivity index (χ1v) is 11.6. The lowest BCUT2D eigenvalue weighted by molar-refractivity contribution is -0.132. The topological polar surface area (TPSA) is 69.7 Å². The third kappa shape index (κ3) is 2.51. The molecule has 3 heterocycles. The second-order valence-electron chi connectivity index (χ2n) is 9.62. The van der Waals surface area contributed by atoms with Crippen LogP contribution in [0.1, 0.15) is 19.4 Å². The van der Waals surface area contributed by atoms with Gasteiger partial charge in [0, 0.05) is 29.2 Å². The zero-order valence-electron chi connectivity index (χ0n) is 19.1. The Hall–Kier alpha value is -3.77. The number of fused-ring (bicyclic) bond motifs is 5. The summed E-state index contributed by atoms with van der Waals surface area (Å²) in [4.78, 5) is 45.0. The molecule has 34 heavy (non-hydrogen) atoms. The minimum atomic E-state index is -1.28. The van der Waals surface area contributed by atoms with Gasteiger partial charge in [-0.25, -0.2) is 4.90 Å². The predicted molar refractivity (Wildman–Crippen MR) is 131 cm³/mol. The SMILES string of the molecule is C=C(C)CN1C(=O)C2(NC(C)C3C(=O)N(c4cccc5ccccc45)C(=O)C32)c2ccccc21. The van der Waals surface area contributed by atoms with Gasteiger partial charge in [-0.15, -0.1) is 0 Å². The fraction of sp³-hybridized carbons (Fsp3) is 0.250. The molecular formula is C28H25N3O3. The summed E-state index contributed by atoms with van der Waals surface area (Å²) in [6.45, 7) is 8.11. The van der Waals surface area contributed by atoms with E-state index in [2.05, 4.69) is 11.9 Å². The van der Waals surface area contributed by atoms with E-state index >= 15 is 0 Å². The van der Waals surface area contributed by atoms with Gasteiger partial charge in [-0.3, -0.25) is 19.7 Å². The highest BCUT2D eigenvalue weighted by atomic mass is 16.2. The summed E-state index contributed by atoms with van der Waals surface area (Å²) in [5.41, 5.74) is 1.65. The van der Waals surface area contributed by atoms with Crippen molar-refractivity contribution in [2.45, 2.75) is 25.4 Å². The Morgan fingerprint density at radius 2 is 1.62 bits per heavy atom. The molecule has 0 bridgehead atoms. The number of imide groups is 1. The van der Waals surface area contributed by atoms with E-state index in [4.69, 9.17) is 0 Å². The molecular weight excluding hydrogens is 426 g/mol. The van der Waals surface area contributed by atoms with Crippen molar-refractivity contribution in [3.63, 3.8) is 0 Å². The minimum absolute atomic E-state index is 0.197. The molecule has 1 N–H and O–H groups in total. The van der Waals surface area contributed by atoms with E-state index in [1.807, 2.05) is 80.6 Å². The average Bonchev–Trinajstić information content (AvgIpc) is 3.37. The Balaban J connectivity index is 1.53. The van der Waals surface area contributed by atoms with Crippen LogP contribution in [0.3, 0.4) is 0 Å². The molecule has 0 saturated carbocycles. The van der Waals surface area contributed by atoms with Gasteiger partial charge in [-0.2, -0.15) is 0 Å². The van der Waals surface area contributed by atoms with Gasteiger partial charge in [0.05, 0.1) is 17.5 Å². The Labute approximate surface area is 197 Å². The zero-order valence-corrected chi connectivity index (χ0v) is 19.1. The molecule has 3 aliphatic heterocycles. The second kappa shape index (κ2) is 7.11. The van der Waals surface area contributed by atoms with E-state index < -0.39 is 17.4 Å². The molecule has 0 aromatic heterocycles. The van der Waals surface area contributed by atoms with E-state index in [1.54, 1.807) is 4.90 Å². The maximum absolute atomic E-state index is 14.1. The van der Waals surface area contributed by atoms with Crippen molar-refractivity contribution in [3.8, 4) is 0 Å². The number of amides is 3. The van der Waals surface area contributed by atoms with E-state index in [0.717, 1.165) is 27.6 Å². The molecule has 3 aromatic carbocycles. The smallest absolute Gasteiger partial charge is 0.253 e. The lowest BCUT2D eigenvalue weighted by Gasteiger charge is -2.30. The largest absolute Gasteiger partial charge is 0.306 e. The van der Waals surface area contributed by atoms with E-state index in [1.165, 1.54) is 4.90 Å². The molecule has 6 heteroatoms. The quantitative estimate of drug-likeness (QED) is 0.486.